The third-order valence-electron chi connectivity index (χ3n) is 2.81. The molecule has 0 aromatic rings. The van der Waals surface area contributed by atoms with Gasteiger partial charge in [0.25, 0.3) is 0 Å². The maximum atomic E-state index is 4.45. The molecule has 0 amide bonds. The van der Waals surface area contributed by atoms with Crippen LogP contribution in [0.15, 0.2) is 28.8 Å². The van der Waals surface area contributed by atoms with Crippen LogP contribution in [0.3, 0.4) is 0 Å². The summed E-state index contributed by atoms with van der Waals surface area (Å²) in [5.74, 6) is 0.593. The van der Waals surface area contributed by atoms with Crippen LogP contribution in [0.2, 0.25) is 0 Å². The Bertz CT molecular complexity index is 248. The summed E-state index contributed by atoms with van der Waals surface area (Å²) in [5.41, 5.74) is 1.59. The van der Waals surface area contributed by atoms with E-state index in [1.54, 1.807) is 5.57 Å². The van der Waals surface area contributed by atoms with E-state index >= 15 is 0 Å². The standard InChI is InChI=1S/C14H23N/c1-3-14-9-6-4-5-8-13(2)12-15-11-7-10-14/h4-5,10,12-13H,3,6-9,11H2,1-2H3/b5-4+,14-10-,15-12-. The second kappa shape index (κ2) is 7.44. The van der Waals surface area contributed by atoms with Crippen LogP contribution in [-0.4, -0.2) is 12.8 Å². The number of allylic oxidation sites excluding steroid dienone is 3. The number of nitrogens with zero attached hydrogens (tertiary/aromatic N) is 1. The lowest BCUT2D eigenvalue weighted by atomic mass is 10.0. The number of aliphatic imine (C=N–C) groups is 1. The first-order chi connectivity index (χ1) is 7.33. The highest BCUT2D eigenvalue weighted by Gasteiger charge is 1.96. The van der Waals surface area contributed by atoms with Gasteiger partial charge >= 0.3 is 0 Å². The fourth-order valence-corrected chi connectivity index (χ4v) is 1.78. The molecule has 0 fully saturated rings. The Morgan fingerprint density at radius 2 is 2.20 bits per heavy atom. The molecule has 0 saturated carbocycles. The van der Waals surface area contributed by atoms with Gasteiger partial charge in [0.05, 0.1) is 0 Å². The van der Waals surface area contributed by atoms with Crippen molar-refractivity contribution in [3.8, 4) is 0 Å². The first-order valence-corrected chi connectivity index (χ1v) is 6.15. The summed E-state index contributed by atoms with van der Waals surface area (Å²) in [7, 11) is 0. The molecule has 0 bridgehead atoms. The molecule has 0 aromatic heterocycles. The van der Waals surface area contributed by atoms with Crippen molar-refractivity contribution in [1.82, 2.24) is 0 Å². The topological polar surface area (TPSA) is 12.4 Å². The molecule has 1 rings (SSSR count). The lowest BCUT2D eigenvalue weighted by Crippen LogP contribution is -1.95. The van der Waals surface area contributed by atoms with E-state index in [2.05, 4.69) is 43.3 Å². The Balaban J connectivity index is 2.54. The van der Waals surface area contributed by atoms with Crippen molar-refractivity contribution < 1.29 is 0 Å². The highest BCUT2D eigenvalue weighted by atomic mass is 14.7. The van der Waals surface area contributed by atoms with Crippen molar-refractivity contribution >= 4 is 6.21 Å². The van der Waals surface area contributed by atoms with Gasteiger partial charge in [0.2, 0.25) is 0 Å². The van der Waals surface area contributed by atoms with Gasteiger partial charge < -0.3 is 0 Å². The van der Waals surface area contributed by atoms with Crippen LogP contribution >= 0.6 is 0 Å². The van der Waals surface area contributed by atoms with Crippen molar-refractivity contribution in [2.24, 2.45) is 10.9 Å². The van der Waals surface area contributed by atoms with Crippen LogP contribution < -0.4 is 0 Å². The minimum atomic E-state index is 0.593. The van der Waals surface area contributed by atoms with E-state index in [4.69, 9.17) is 0 Å². The first kappa shape index (κ1) is 12.2. The molecule has 0 aliphatic carbocycles. The zero-order valence-electron chi connectivity index (χ0n) is 10.1. The summed E-state index contributed by atoms with van der Waals surface area (Å²) in [6, 6.07) is 0. The summed E-state index contributed by atoms with van der Waals surface area (Å²) in [4.78, 5) is 4.45. The molecule has 1 aliphatic heterocycles. The highest BCUT2D eigenvalue weighted by molar-refractivity contribution is 5.60. The van der Waals surface area contributed by atoms with E-state index in [0.29, 0.717) is 5.92 Å². The zero-order chi connectivity index (χ0) is 10.9. The van der Waals surface area contributed by atoms with Gasteiger partial charge in [-0.1, -0.05) is 37.6 Å². The molecule has 1 heteroatoms. The molecular formula is C14H23N. The largest absolute Gasteiger partial charge is 0.297 e. The van der Waals surface area contributed by atoms with Crippen LogP contribution in [0.1, 0.15) is 46.0 Å². The molecule has 1 aliphatic rings. The van der Waals surface area contributed by atoms with Gasteiger partial charge in [-0.2, -0.15) is 0 Å². The SMILES string of the molecule is CC/C1=C/CC/N=C\C(C)C/C=C/CC1. The second-order valence-electron chi connectivity index (χ2n) is 4.28. The fraction of sp³-hybridized carbons (Fsp3) is 0.643. The molecule has 0 spiro atoms. The van der Waals surface area contributed by atoms with E-state index in [-0.39, 0.29) is 0 Å². The van der Waals surface area contributed by atoms with E-state index in [1.165, 1.54) is 19.3 Å². The zero-order valence-corrected chi connectivity index (χ0v) is 10.1. The predicted octanol–water partition coefficient (Wildman–Crippen LogP) is 4.16. The Morgan fingerprint density at radius 3 is 3.00 bits per heavy atom. The van der Waals surface area contributed by atoms with Crippen molar-refractivity contribution in [3.05, 3.63) is 23.8 Å². The third kappa shape index (κ3) is 5.56. The van der Waals surface area contributed by atoms with E-state index < -0.39 is 0 Å². The normalized spacial score (nSPS) is 31.9. The van der Waals surface area contributed by atoms with E-state index in [9.17, 15) is 0 Å². The summed E-state index contributed by atoms with van der Waals surface area (Å²) in [6.07, 6.45) is 14.9. The fourth-order valence-electron chi connectivity index (χ4n) is 1.78. The van der Waals surface area contributed by atoms with Gasteiger partial charge in [0.1, 0.15) is 0 Å². The summed E-state index contributed by atoms with van der Waals surface area (Å²) >= 11 is 0. The van der Waals surface area contributed by atoms with E-state index in [0.717, 1.165) is 19.4 Å². The van der Waals surface area contributed by atoms with Crippen LogP contribution in [0.4, 0.5) is 0 Å². The Labute approximate surface area is 94.0 Å². The molecule has 1 atom stereocenters. The summed E-state index contributed by atoms with van der Waals surface area (Å²) < 4.78 is 0. The number of hydrogen-bond acceptors (Lipinski definition) is 1. The Kier molecular flexibility index (Phi) is 6.06. The monoisotopic (exact) mass is 205 g/mol. The average Bonchev–Trinajstić information content (AvgIpc) is 2.23. The molecule has 1 heterocycles. The molecule has 0 N–H and O–H groups in total. The minimum Gasteiger partial charge on any atom is -0.297 e. The minimum absolute atomic E-state index is 0.593. The lowest BCUT2D eigenvalue weighted by molar-refractivity contribution is 0.789. The number of rotatable bonds is 1. The van der Waals surface area contributed by atoms with Gasteiger partial charge in [0, 0.05) is 12.8 Å². The van der Waals surface area contributed by atoms with Crippen molar-refractivity contribution in [3.63, 3.8) is 0 Å². The molecule has 15 heavy (non-hydrogen) atoms. The molecule has 1 nitrogen and oxygen atoms in total. The Hall–Kier alpha value is -0.850. The molecule has 1 unspecified atom stereocenters. The van der Waals surface area contributed by atoms with Gasteiger partial charge in [-0.25, -0.2) is 0 Å². The average molecular weight is 205 g/mol. The summed E-state index contributed by atoms with van der Waals surface area (Å²) in [5, 5.41) is 0. The van der Waals surface area contributed by atoms with Gasteiger partial charge in [-0.05, 0) is 38.0 Å². The predicted molar refractivity (Wildman–Crippen MR) is 68.5 cm³/mol. The second-order valence-corrected chi connectivity index (χ2v) is 4.28. The molecular weight excluding hydrogens is 182 g/mol. The maximum Gasteiger partial charge on any atom is 0.0420 e. The van der Waals surface area contributed by atoms with Crippen LogP contribution in [0, 0.1) is 5.92 Å². The quantitative estimate of drug-likeness (QED) is 0.570. The van der Waals surface area contributed by atoms with Crippen LogP contribution in [0.5, 0.6) is 0 Å². The molecule has 84 valence electrons. The van der Waals surface area contributed by atoms with Crippen molar-refractivity contribution in [1.29, 1.82) is 0 Å². The van der Waals surface area contributed by atoms with Gasteiger partial charge in [0.15, 0.2) is 0 Å². The Morgan fingerprint density at radius 1 is 1.33 bits per heavy atom. The van der Waals surface area contributed by atoms with Gasteiger partial charge in [-0.15, -0.1) is 0 Å². The smallest absolute Gasteiger partial charge is 0.0420 e. The van der Waals surface area contributed by atoms with Crippen molar-refractivity contribution in [2.75, 3.05) is 6.54 Å². The van der Waals surface area contributed by atoms with Crippen LogP contribution in [-0.2, 0) is 0 Å². The summed E-state index contributed by atoms with van der Waals surface area (Å²) in [6.45, 7) is 5.43. The highest BCUT2D eigenvalue weighted by Crippen LogP contribution is 2.12. The van der Waals surface area contributed by atoms with Crippen LogP contribution in [0.25, 0.3) is 0 Å². The maximum absolute atomic E-state index is 4.45. The van der Waals surface area contributed by atoms with E-state index in [1.807, 2.05) is 0 Å². The molecule has 0 aromatic carbocycles. The molecule has 0 saturated heterocycles. The molecule has 0 radical (unpaired) electrons. The lowest BCUT2D eigenvalue weighted by Gasteiger charge is -2.05. The third-order valence-corrected chi connectivity index (χ3v) is 2.81. The first-order valence-electron chi connectivity index (χ1n) is 6.15. The number of hydrogen-bond donors (Lipinski definition) is 0. The van der Waals surface area contributed by atoms with Crippen molar-refractivity contribution in [2.45, 2.75) is 46.0 Å². The van der Waals surface area contributed by atoms with Gasteiger partial charge in [-0.3, -0.25) is 4.99 Å².